The van der Waals surface area contributed by atoms with Crippen LogP contribution in [0.5, 0.6) is 5.75 Å². The van der Waals surface area contributed by atoms with E-state index >= 15 is 0 Å². The van der Waals surface area contributed by atoms with E-state index in [0.29, 0.717) is 17.0 Å². The van der Waals surface area contributed by atoms with Crippen molar-refractivity contribution in [2.75, 3.05) is 7.11 Å². The van der Waals surface area contributed by atoms with E-state index in [0.717, 1.165) is 10.0 Å². The molecule has 6 heteroatoms. The van der Waals surface area contributed by atoms with E-state index in [1.807, 2.05) is 13.0 Å². The minimum absolute atomic E-state index is 0.376. The summed E-state index contributed by atoms with van der Waals surface area (Å²) in [5, 5.41) is 0. The molecule has 3 rings (SSSR count). The molecule has 22 heavy (non-hydrogen) atoms. The third-order valence-electron chi connectivity index (χ3n) is 3.56. The zero-order valence-corrected chi connectivity index (χ0v) is 13.6. The number of pyridine rings is 1. The standard InChI is InChI=1S/C16H13BrN2O3/c1-10-13(17)4-3-5-14(10)19-15(20)9-11-8-12(22-2)6-7-18(11)16(19)21/h3-9H,1-2H3. The SMILES string of the molecule is COc1ccn2c(=O)n(-c3cccc(Br)c3C)c(=O)cc2c1. The summed E-state index contributed by atoms with van der Waals surface area (Å²) in [5.74, 6) is 0.593. The Morgan fingerprint density at radius 3 is 2.64 bits per heavy atom. The number of benzene rings is 1. The Morgan fingerprint density at radius 2 is 1.91 bits per heavy atom. The predicted molar refractivity (Wildman–Crippen MR) is 88.3 cm³/mol. The van der Waals surface area contributed by atoms with Crippen LogP contribution in [0.25, 0.3) is 11.2 Å². The molecule has 0 bridgehead atoms. The molecule has 0 N–H and O–H groups in total. The van der Waals surface area contributed by atoms with Gasteiger partial charge < -0.3 is 4.74 Å². The molecule has 0 atom stereocenters. The van der Waals surface area contributed by atoms with Gasteiger partial charge in [0.15, 0.2) is 0 Å². The lowest BCUT2D eigenvalue weighted by atomic mass is 10.2. The van der Waals surface area contributed by atoms with Crippen LogP contribution in [0.3, 0.4) is 0 Å². The molecule has 2 aromatic heterocycles. The molecule has 0 amide bonds. The van der Waals surface area contributed by atoms with Gasteiger partial charge in [0, 0.05) is 22.8 Å². The molecule has 0 aliphatic heterocycles. The summed E-state index contributed by atoms with van der Waals surface area (Å²) in [6, 6.07) is 10.2. The first-order valence-electron chi connectivity index (χ1n) is 6.61. The molecule has 2 heterocycles. The summed E-state index contributed by atoms with van der Waals surface area (Å²) in [7, 11) is 1.54. The fourth-order valence-electron chi connectivity index (χ4n) is 2.36. The predicted octanol–water partition coefficient (Wildman–Crippen LogP) is 2.53. The van der Waals surface area contributed by atoms with Gasteiger partial charge in [0.2, 0.25) is 0 Å². The second-order valence-corrected chi connectivity index (χ2v) is 5.70. The van der Waals surface area contributed by atoms with Crippen molar-refractivity contribution in [1.29, 1.82) is 0 Å². The molecule has 1 aromatic carbocycles. The maximum Gasteiger partial charge on any atom is 0.340 e. The minimum atomic E-state index is -0.411. The zero-order chi connectivity index (χ0) is 15.9. The summed E-state index contributed by atoms with van der Waals surface area (Å²) in [6.45, 7) is 1.86. The Morgan fingerprint density at radius 1 is 1.14 bits per heavy atom. The molecule has 0 saturated heterocycles. The van der Waals surface area contributed by atoms with E-state index in [9.17, 15) is 9.59 Å². The van der Waals surface area contributed by atoms with Gasteiger partial charge >= 0.3 is 5.69 Å². The van der Waals surface area contributed by atoms with Crippen LogP contribution in [0.15, 0.2) is 56.7 Å². The van der Waals surface area contributed by atoms with Crippen molar-refractivity contribution in [3.05, 3.63) is 73.5 Å². The van der Waals surface area contributed by atoms with Crippen LogP contribution in [-0.2, 0) is 0 Å². The summed E-state index contributed by atoms with van der Waals surface area (Å²) in [5.41, 5.74) is 1.11. The number of fused-ring (bicyclic) bond motifs is 1. The Hall–Kier alpha value is -2.34. The van der Waals surface area contributed by atoms with E-state index in [4.69, 9.17) is 4.74 Å². The Bertz CT molecular complexity index is 989. The van der Waals surface area contributed by atoms with Gasteiger partial charge in [0.25, 0.3) is 5.56 Å². The summed E-state index contributed by atoms with van der Waals surface area (Å²) < 4.78 is 8.55. The Labute approximate surface area is 134 Å². The lowest BCUT2D eigenvalue weighted by Gasteiger charge is -2.11. The highest BCUT2D eigenvalue weighted by molar-refractivity contribution is 9.10. The number of aromatic nitrogens is 2. The second-order valence-electron chi connectivity index (χ2n) is 4.85. The smallest absolute Gasteiger partial charge is 0.340 e. The van der Waals surface area contributed by atoms with Gasteiger partial charge in [0.05, 0.1) is 18.3 Å². The van der Waals surface area contributed by atoms with Crippen molar-refractivity contribution in [3.8, 4) is 11.4 Å². The highest BCUT2D eigenvalue weighted by Gasteiger charge is 2.12. The summed E-state index contributed by atoms with van der Waals surface area (Å²) >= 11 is 3.42. The van der Waals surface area contributed by atoms with E-state index in [2.05, 4.69) is 15.9 Å². The van der Waals surface area contributed by atoms with Gasteiger partial charge in [0.1, 0.15) is 5.75 Å². The van der Waals surface area contributed by atoms with Gasteiger partial charge in [-0.25, -0.2) is 9.36 Å². The van der Waals surface area contributed by atoms with Gasteiger partial charge in [-0.1, -0.05) is 22.0 Å². The number of ether oxygens (including phenoxy) is 1. The Balaban J connectivity index is 2.39. The molecule has 3 aromatic rings. The van der Waals surface area contributed by atoms with E-state index < -0.39 is 5.69 Å². The van der Waals surface area contributed by atoms with Gasteiger partial charge in [-0.15, -0.1) is 0 Å². The summed E-state index contributed by atoms with van der Waals surface area (Å²) in [4.78, 5) is 25.1. The maximum absolute atomic E-state index is 12.7. The third kappa shape index (κ3) is 2.25. The quantitative estimate of drug-likeness (QED) is 0.705. The first-order chi connectivity index (χ1) is 10.5. The molecule has 0 aliphatic carbocycles. The average Bonchev–Trinajstić information content (AvgIpc) is 2.50. The van der Waals surface area contributed by atoms with E-state index in [-0.39, 0.29) is 5.56 Å². The number of hydrogen-bond acceptors (Lipinski definition) is 3. The number of hydrogen-bond donors (Lipinski definition) is 0. The van der Waals surface area contributed by atoms with Crippen LogP contribution >= 0.6 is 15.9 Å². The number of halogens is 1. The number of rotatable bonds is 2. The molecule has 0 spiro atoms. The molecule has 0 aliphatic rings. The second kappa shape index (κ2) is 5.46. The molecule has 0 unspecified atom stereocenters. The monoisotopic (exact) mass is 360 g/mol. The van der Waals surface area contributed by atoms with Crippen molar-refractivity contribution in [1.82, 2.24) is 8.97 Å². The average molecular weight is 361 g/mol. The van der Waals surface area contributed by atoms with Gasteiger partial charge in [-0.2, -0.15) is 0 Å². The molecule has 112 valence electrons. The number of methoxy groups -OCH3 is 1. The van der Waals surface area contributed by atoms with Crippen molar-refractivity contribution in [3.63, 3.8) is 0 Å². The fraction of sp³-hybridized carbons (Fsp3) is 0.125. The van der Waals surface area contributed by atoms with Crippen LogP contribution in [0, 0.1) is 6.92 Å². The largest absolute Gasteiger partial charge is 0.497 e. The van der Waals surface area contributed by atoms with Crippen molar-refractivity contribution in [2.45, 2.75) is 6.92 Å². The highest BCUT2D eigenvalue weighted by Crippen LogP contribution is 2.21. The van der Waals surface area contributed by atoms with Crippen molar-refractivity contribution < 1.29 is 4.74 Å². The van der Waals surface area contributed by atoms with E-state index in [1.165, 1.54) is 22.1 Å². The Kier molecular flexibility index (Phi) is 3.62. The first kappa shape index (κ1) is 14.6. The van der Waals surface area contributed by atoms with Crippen LogP contribution in [0.4, 0.5) is 0 Å². The molecule has 5 nitrogen and oxygen atoms in total. The van der Waals surface area contributed by atoms with Crippen molar-refractivity contribution >= 4 is 21.4 Å². The lowest BCUT2D eigenvalue weighted by molar-refractivity contribution is 0.414. The maximum atomic E-state index is 12.7. The van der Waals surface area contributed by atoms with Gasteiger partial charge in [-0.3, -0.25) is 9.20 Å². The number of nitrogens with zero attached hydrogens (tertiary/aromatic N) is 2. The van der Waals surface area contributed by atoms with E-state index in [1.54, 1.807) is 30.5 Å². The molecular weight excluding hydrogens is 348 g/mol. The summed E-state index contributed by atoms with van der Waals surface area (Å²) in [6.07, 6.45) is 1.60. The van der Waals surface area contributed by atoms with Crippen molar-refractivity contribution in [2.24, 2.45) is 0 Å². The van der Waals surface area contributed by atoms with Crippen LogP contribution < -0.4 is 16.0 Å². The molecule has 0 saturated carbocycles. The normalized spacial score (nSPS) is 10.9. The van der Waals surface area contributed by atoms with Crippen LogP contribution in [0.2, 0.25) is 0 Å². The lowest BCUT2D eigenvalue weighted by Crippen LogP contribution is -2.36. The van der Waals surface area contributed by atoms with Crippen LogP contribution in [-0.4, -0.2) is 16.1 Å². The fourth-order valence-corrected chi connectivity index (χ4v) is 2.72. The topological polar surface area (TPSA) is 52.7 Å². The molecular formula is C16H13BrN2O3. The van der Waals surface area contributed by atoms with Gasteiger partial charge in [-0.05, 0) is 30.7 Å². The first-order valence-corrected chi connectivity index (χ1v) is 7.40. The third-order valence-corrected chi connectivity index (χ3v) is 4.42. The highest BCUT2D eigenvalue weighted by atomic mass is 79.9. The van der Waals surface area contributed by atoms with Crippen LogP contribution in [0.1, 0.15) is 5.56 Å². The molecule has 0 fully saturated rings. The minimum Gasteiger partial charge on any atom is -0.497 e. The molecule has 0 radical (unpaired) electrons. The zero-order valence-electron chi connectivity index (χ0n) is 12.0.